The summed E-state index contributed by atoms with van der Waals surface area (Å²) in [5.41, 5.74) is 3.45. The summed E-state index contributed by atoms with van der Waals surface area (Å²) in [6, 6.07) is 23.2. The van der Waals surface area contributed by atoms with Gasteiger partial charge in [-0.1, -0.05) is 46.3 Å². The van der Waals surface area contributed by atoms with Gasteiger partial charge in [-0.3, -0.25) is 4.79 Å². The maximum atomic E-state index is 12.5. The quantitative estimate of drug-likeness (QED) is 0.216. The highest BCUT2D eigenvalue weighted by Gasteiger charge is 2.12. The van der Waals surface area contributed by atoms with Crippen LogP contribution in [0.5, 0.6) is 0 Å². The third-order valence-electron chi connectivity index (χ3n) is 5.06. The lowest BCUT2D eigenvalue weighted by Gasteiger charge is -2.06. The first kappa shape index (κ1) is 23.1. The second kappa shape index (κ2) is 10.7. The molecule has 0 saturated carbocycles. The molecule has 1 heterocycles. The number of nitrogens with one attached hydrogen (secondary N) is 1. The average Bonchev–Trinajstić information content (AvgIpc) is 3.17. The van der Waals surface area contributed by atoms with Gasteiger partial charge in [0.1, 0.15) is 0 Å². The van der Waals surface area contributed by atoms with Crippen molar-refractivity contribution in [3.63, 3.8) is 0 Å². The number of fused-ring (bicyclic) bond motifs is 1. The third-order valence-corrected chi connectivity index (χ3v) is 6.63. The summed E-state index contributed by atoms with van der Waals surface area (Å²) < 4.78 is 8.25. The minimum Gasteiger partial charge on any atom is -0.462 e. The van der Waals surface area contributed by atoms with Crippen molar-refractivity contribution in [2.45, 2.75) is 18.4 Å². The van der Waals surface area contributed by atoms with Crippen molar-refractivity contribution in [2.24, 2.45) is 0 Å². The van der Waals surface area contributed by atoms with Crippen LogP contribution in [0.3, 0.4) is 0 Å². The van der Waals surface area contributed by atoms with E-state index >= 15 is 0 Å². The maximum absolute atomic E-state index is 12.5. The molecule has 1 amide bonds. The van der Waals surface area contributed by atoms with Gasteiger partial charge in [0.25, 0.3) is 0 Å². The van der Waals surface area contributed by atoms with Crippen molar-refractivity contribution in [2.75, 3.05) is 17.7 Å². The molecule has 1 aromatic heterocycles. The Kier molecular flexibility index (Phi) is 7.52. The number of rotatable bonds is 8. The standard InChI is InChI=1S/C26H23BrN2O3S/c1-2-32-26(31)19-9-13-21(14-10-19)28-25(30)17-33-24-16-29(23-6-4-3-5-22(23)24)15-18-7-11-20(27)12-8-18/h3-14,16H,2,15,17H2,1H3,(H,28,30). The van der Waals surface area contributed by atoms with E-state index in [1.165, 1.54) is 17.3 Å². The van der Waals surface area contributed by atoms with Crippen LogP contribution in [0.4, 0.5) is 5.69 Å². The first-order valence-electron chi connectivity index (χ1n) is 10.6. The van der Waals surface area contributed by atoms with Crippen molar-refractivity contribution in [1.82, 2.24) is 4.57 Å². The maximum Gasteiger partial charge on any atom is 0.338 e. The van der Waals surface area contributed by atoms with E-state index in [-0.39, 0.29) is 17.6 Å². The lowest BCUT2D eigenvalue weighted by atomic mass is 10.2. The minimum atomic E-state index is -0.370. The Morgan fingerprint density at radius 1 is 1.00 bits per heavy atom. The molecule has 5 nitrogen and oxygen atoms in total. The summed E-state index contributed by atoms with van der Waals surface area (Å²) in [5.74, 6) is -0.189. The van der Waals surface area contributed by atoms with Gasteiger partial charge < -0.3 is 14.6 Å². The fraction of sp³-hybridized carbons (Fsp3) is 0.154. The molecule has 1 N–H and O–H groups in total. The molecule has 0 atom stereocenters. The molecule has 168 valence electrons. The van der Waals surface area contributed by atoms with Gasteiger partial charge in [-0.05, 0) is 55.0 Å². The molecule has 7 heteroatoms. The van der Waals surface area contributed by atoms with Crippen LogP contribution in [0, 0.1) is 0 Å². The molecular weight excluding hydrogens is 500 g/mol. The molecule has 33 heavy (non-hydrogen) atoms. The van der Waals surface area contributed by atoms with E-state index < -0.39 is 0 Å². The number of hydrogen-bond acceptors (Lipinski definition) is 4. The number of amides is 1. The molecule has 4 aromatic rings. The van der Waals surface area contributed by atoms with Gasteiger partial charge in [-0.15, -0.1) is 11.8 Å². The molecule has 0 aliphatic rings. The normalized spacial score (nSPS) is 10.8. The summed E-state index contributed by atoms with van der Waals surface area (Å²) in [7, 11) is 0. The molecule has 0 fully saturated rings. The first-order valence-corrected chi connectivity index (χ1v) is 12.3. The summed E-state index contributed by atoms with van der Waals surface area (Å²) in [6.07, 6.45) is 2.11. The molecule has 0 unspecified atom stereocenters. The SMILES string of the molecule is CCOC(=O)c1ccc(NC(=O)CSc2cn(Cc3ccc(Br)cc3)c3ccccc23)cc1. The lowest BCUT2D eigenvalue weighted by molar-refractivity contribution is -0.113. The van der Waals surface area contributed by atoms with Crippen LogP contribution in [-0.2, 0) is 16.1 Å². The highest BCUT2D eigenvalue weighted by molar-refractivity contribution is 9.10. The smallest absolute Gasteiger partial charge is 0.338 e. The summed E-state index contributed by atoms with van der Waals surface area (Å²) >= 11 is 4.99. The molecule has 0 radical (unpaired) electrons. The molecule has 4 rings (SSSR count). The van der Waals surface area contributed by atoms with E-state index in [9.17, 15) is 9.59 Å². The number of aromatic nitrogens is 1. The van der Waals surface area contributed by atoms with Crippen LogP contribution in [-0.4, -0.2) is 28.8 Å². The van der Waals surface area contributed by atoms with E-state index in [0.717, 1.165) is 26.8 Å². The predicted octanol–water partition coefficient (Wildman–Crippen LogP) is 6.36. The number of para-hydroxylation sites is 1. The van der Waals surface area contributed by atoms with Crippen LogP contribution in [0.2, 0.25) is 0 Å². The zero-order valence-corrected chi connectivity index (χ0v) is 20.5. The van der Waals surface area contributed by atoms with Crippen molar-refractivity contribution >= 4 is 56.2 Å². The number of nitrogens with zero attached hydrogens (tertiary/aromatic N) is 1. The number of halogens is 1. The zero-order valence-electron chi connectivity index (χ0n) is 18.1. The van der Waals surface area contributed by atoms with Crippen molar-refractivity contribution in [3.8, 4) is 0 Å². The van der Waals surface area contributed by atoms with Gasteiger partial charge in [-0.2, -0.15) is 0 Å². The van der Waals surface area contributed by atoms with E-state index in [2.05, 4.69) is 56.3 Å². The number of benzene rings is 3. The molecule has 0 saturated heterocycles. The molecule has 0 aliphatic carbocycles. The average molecular weight is 523 g/mol. The minimum absolute atomic E-state index is 0.103. The number of anilines is 1. The molecular formula is C26H23BrN2O3S. The van der Waals surface area contributed by atoms with Crippen LogP contribution >= 0.6 is 27.7 Å². The van der Waals surface area contributed by atoms with Gasteiger partial charge in [0.05, 0.1) is 17.9 Å². The Morgan fingerprint density at radius 2 is 1.73 bits per heavy atom. The van der Waals surface area contributed by atoms with Gasteiger partial charge in [0, 0.05) is 38.7 Å². The van der Waals surface area contributed by atoms with Gasteiger partial charge >= 0.3 is 5.97 Å². The largest absolute Gasteiger partial charge is 0.462 e. The Hall–Kier alpha value is -3.03. The summed E-state index contributed by atoms with van der Waals surface area (Å²) in [4.78, 5) is 25.4. The molecule has 0 bridgehead atoms. The highest BCUT2D eigenvalue weighted by atomic mass is 79.9. The monoisotopic (exact) mass is 522 g/mol. The Balaban J connectivity index is 1.42. The lowest BCUT2D eigenvalue weighted by Crippen LogP contribution is -2.14. The van der Waals surface area contributed by atoms with E-state index in [1.807, 2.05) is 24.3 Å². The molecule has 3 aromatic carbocycles. The molecule has 0 aliphatic heterocycles. The number of ether oxygens (including phenoxy) is 1. The van der Waals surface area contributed by atoms with Gasteiger partial charge in [0.15, 0.2) is 0 Å². The number of carbonyl (C=O) groups excluding carboxylic acids is 2. The summed E-state index contributed by atoms with van der Waals surface area (Å²) in [5, 5.41) is 4.02. The van der Waals surface area contributed by atoms with Crippen molar-refractivity contribution in [1.29, 1.82) is 0 Å². The van der Waals surface area contributed by atoms with Crippen LogP contribution in [0.1, 0.15) is 22.8 Å². The topological polar surface area (TPSA) is 60.3 Å². The fourth-order valence-corrected chi connectivity index (χ4v) is 4.64. The number of esters is 1. The van der Waals surface area contributed by atoms with Crippen LogP contribution in [0.15, 0.2) is 88.4 Å². The predicted molar refractivity (Wildman–Crippen MR) is 137 cm³/mol. The first-order chi connectivity index (χ1) is 16.0. The zero-order chi connectivity index (χ0) is 23.2. The number of thioether (sulfide) groups is 1. The van der Waals surface area contributed by atoms with E-state index in [0.29, 0.717) is 17.9 Å². The van der Waals surface area contributed by atoms with Crippen LogP contribution in [0.25, 0.3) is 10.9 Å². The highest BCUT2D eigenvalue weighted by Crippen LogP contribution is 2.31. The van der Waals surface area contributed by atoms with Crippen LogP contribution < -0.4 is 5.32 Å². The summed E-state index contributed by atoms with van der Waals surface area (Å²) in [6.45, 7) is 2.85. The Morgan fingerprint density at radius 3 is 2.45 bits per heavy atom. The van der Waals surface area contributed by atoms with Gasteiger partial charge in [0.2, 0.25) is 5.91 Å². The number of hydrogen-bond donors (Lipinski definition) is 1. The van der Waals surface area contributed by atoms with Crippen molar-refractivity contribution in [3.05, 3.63) is 94.6 Å². The van der Waals surface area contributed by atoms with Crippen molar-refractivity contribution < 1.29 is 14.3 Å². The Labute approximate surface area is 205 Å². The second-order valence-electron chi connectivity index (χ2n) is 7.40. The second-order valence-corrected chi connectivity index (χ2v) is 9.33. The number of carbonyl (C=O) groups is 2. The van der Waals surface area contributed by atoms with E-state index in [1.54, 1.807) is 31.2 Å². The third kappa shape index (κ3) is 5.86. The van der Waals surface area contributed by atoms with E-state index in [4.69, 9.17) is 4.74 Å². The molecule has 0 spiro atoms. The van der Waals surface area contributed by atoms with Gasteiger partial charge in [-0.25, -0.2) is 4.79 Å². The fourth-order valence-electron chi connectivity index (χ4n) is 3.49. The Bertz CT molecular complexity index is 1270.